The Hall–Kier alpha value is -1.49. The number of aliphatic hydroxyl groups is 2. The molecular formula is C32H48O4. The zero-order chi connectivity index (χ0) is 26.1. The van der Waals surface area contributed by atoms with Gasteiger partial charge in [0.2, 0.25) is 0 Å². The van der Waals surface area contributed by atoms with Gasteiger partial charge in [-0.25, -0.2) is 0 Å². The van der Waals surface area contributed by atoms with Crippen LogP contribution in [0.15, 0.2) is 47.6 Å². The van der Waals surface area contributed by atoms with Crippen LogP contribution in [0.1, 0.15) is 91.4 Å². The fraction of sp³-hybridized carbons (Fsp3) is 0.719. The summed E-state index contributed by atoms with van der Waals surface area (Å²) in [4.78, 5) is 12.0. The first-order chi connectivity index (χ1) is 17.1. The van der Waals surface area contributed by atoms with Crippen LogP contribution in [0.3, 0.4) is 0 Å². The van der Waals surface area contributed by atoms with Gasteiger partial charge in [0.25, 0.3) is 0 Å². The third-order valence-corrected chi connectivity index (χ3v) is 10.4. The third kappa shape index (κ3) is 5.66. The van der Waals surface area contributed by atoms with Crippen molar-refractivity contribution < 1.29 is 19.7 Å². The fourth-order valence-corrected chi connectivity index (χ4v) is 7.68. The maximum absolute atomic E-state index is 12.0. The van der Waals surface area contributed by atoms with Crippen molar-refractivity contribution in [3.8, 4) is 0 Å². The van der Waals surface area contributed by atoms with Crippen LogP contribution in [0.25, 0.3) is 0 Å². The number of carbonyl (C=O) groups is 1. The first kappa shape index (κ1) is 27.5. The van der Waals surface area contributed by atoms with Crippen molar-refractivity contribution in [1.82, 2.24) is 0 Å². The molecule has 4 nitrogen and oxygen atoms in total. The van der Waals surface area contributed by atoms with E-state index in [1.54, 1.807) is 14.0 Å². The van der Waals surface area contributed by atoms with Crippen molar-refractivity contribution in [3.05, 3.63) is 47.6 Å². The van der Waals surface area contributed by atoms with Gasteiger partial charge < -0.3 is 14.9 Å². The van der Waals surface area contributed by atoms with Crippen molar-refractivity contribution in [2.45, 2.75) is 110 Å². The molecular weight excluding hydrogens is 448 g/mol. The quantitative estimate of drug-likeness (QED) is 0.358. The second-order valence-electron chi connectivity index (χ2n) is 12.6. The number of aliphatic hydroxyl groups excluding tert-OH is 2. The number of hydrogen-bond donors (Lipinski definition) is 2. The highest BCUT2D eigenvalue weighted by Crippen LogP contribution is 2.59. The van der Waals surface area contributed by atoms with E-state index >= 15 is 0 Å². The lowest BCUT2D eigenvalue weighted by molar-refractivity contribution is -0.122. The maximum atomic E-state index is 12.0. The molecule has 4 heteroatoms. The number of ether oxygens (including phenoxy) is 1. The van der Waals surface area contributed by atoms with Gasteiger partial charge in [0.05, 0.1) is 18.3 Å². The minimum atomic E-state index is -0.633. The van der Waals surface area contributed by atoms with E-state index in [1.807, 2.05) is 0 Å². The number of carbonyl (C=O) groups excluding carboxylic acids is 1. The topological polar surface area (TPSA) is 66.8 Å². The Labute approximate surface area is 218 Å². The lowest BCUT2D eigenvalue weighted by atomic mass is 9.61. The summed E-state index contributed by atoms with van der Waals surface area (Å²) in [7, 11) is 1.78. The van der Waals surface area contributed by atoms with Gasteiger partial charge >= 0.3 is 0 Å². The molecule has 0 aliphatic heterocycles. The van der Waals surface area contributed by atoms with E-state index in [9.17, 15) is 15.0 Å². The average molecular weight is 497 g/mol. The van der Waals surface area contributed by atoms with Crippen LogP contribution in [0, 0.1) is 28.6 Å². The second kappa shape index (κ2) is 11.1. The van der Waals surface area contributed by atoms with Crippen molar-refractivity contribution in [1.29, 1.82) is 0 Å². The number of hydrogen-bond acceptors (Lipinski definition) is 4. The normalized spacial score (nSPS) is 37.9. The first-order valence-corrected chi connectivity index (χ1v) is 14.3. The zero-order valence-electron chi connectivity index (χ0n) is 23.0. The molecule has 7 atom stereocenters. The van der Waals surface area contributed by atoms with Crippen LogP contribution in [-0.2, 0) is 9.53 Å². The van der Waals surface area contributed by atoms with Crippen LogP contribution in [0.4, 0.5) is 0 Å². The predicted octanol–water partition coefficient (Wildman–Crippen LogP) is 6.48. The molecule has 4 rings (SSSR count). The number of fused-ring (bicyclic) bond motifs is 1. The highest BCUT2D eigenvalue weighted by atomic mass is 16.5. The molecule has 4 aliphatic rings. The molecule has 4 aliphatic carbocycles. The van der Waals surface area contributed by atoms with Gasteiger partial charge in [0.1, 0.15) is 5.78 Å². The maximum Gasteiger partial charge on any atom is 0.135 e. The molecule has 0 heterocycles. The molecule has 4 saturated carbocycles. The minimum Gasteiger partial charge on any atom is -0.393 e. The molecule has 2 N–H and O–H groups in total. The predicted molar refractivity (Wildman–Crippen MR) is 145 cm³/mol. The van der Waals surface area contributed by atoms with Crippen molar-refractivity contribution >= 4 is 5.78 Å². The number of rotatable bonds is 9. The molecule has 0 aromatic carbocycles. The SMILES string of the molecule is C=C1/C(=C\C=C2/CCC[C@]3(C)[C@@H]([C@H](C)/C=C/[C@H](CCC4(C(C)=O)CC4)OC)CC[C@@H]23)C[C@@H](O)C[C@@H]1O. The Morgan fingerprint density at radius 3 is 2.61 bits per heavy atom. The Balaban J connectivity index is 1.41. The van der Waals surface area contributed by atoms with Crippen LogP contribution in [0.5, 0.6) is 0 Å². The van der Waals surface area contributed by atoms with Gasteiger partial charge in [0, 0.05) is 18.9 Å². The van der Waals surface area contributed by atoms with Gasteiger partial charge in [-0.1, -0.05) is 50.3 Å². The molecule has 4 fully saturated rings. The standard InChI is InChI=1S/C32H48O4/c1-21(8-11-27(36-5)14-16-32(17-18-32)23(3)33)28-12-13-29-24(7-6-15-31(28,29)4)9-10-25-19-26(34)20-30(35)22(25)2/h8-11,21,26-30,34-35H,2,6-7,12-20H2,1,3-5H3/b11-8+,24-9+,25-10-/t21-,26-,27-,28-,29+,30+,31-/m1/s1. The van der Waals surface area contributed by atoms with E-state index < -0.39 is 12.2 Å². The van der Waals surface area contributed by atoms with Crippen molar-refractivity contribution in [3.63, 3.8) is 0 Å². The second-order valence-corrected chi connectivity index (χ2v) is 12.6. The van der Waals surface area contributed by atoms with Crippen LogP contribution in [-0.4, -0.2) is 41.4 Å². The van der Waals surface area contributed by atoms with Crippen LogP contribution < -0.4 is 0 Å². The molecule has 200 valence electrons. The van der Waals surface area contributed by atoms with Gasteiger partial charge in [-0.05, 0) is 105 Å². The zero-order valence-corrected chi connectivity index (χ0v) is 23.0. The molecule has 0 aromatic heterocycles. The van der Waals surface area contributed by atoms with Gasteiger partial charge in [-0.15, -0.1) is 0 Å². The van der Waals surface area contributed by atoms with E-state index in [1.165, 1.54) is 31.3 Å². The fourth-order valence-electron chi connectivity index (χ4n) is 7.68. The smallest absolute Gasteiger partial charge is 0.135 e. The highest BCUT2D eigenvalue weighted by Gasteiger charge is 2.50. The van der Waals surface area contributed by atoms with E-state index in [4.69, 9.17) is 4.74 Å². The van der Waals surface area contributed by atoms with Crippen molar-refractivity contribution in [2.24, 2.45) is 28.6 Å². The summed E-state index contributed by atoms with van der Waals surface area (Å²) < 4.78 is 5.77. The van der Waals surface area contributed by atoms with Gasteiger partial charge in [0.15, 0.2) is 0 Å². The number of Topliss-reactive ketones (excluding diaryl/α,β-unsaturated/α-hetero) is 1. The molecule has 0 bridgehead atoms. The molecule has 0 unspecified atom stereocenters. The Bertz CT molecular complexity index is 922. The molecule has 0 aromatic rings. The van der Waals surface area contributed by atoms with E-state index in [0.29, 0.717) is 41.8 Å². The molecule has 0 spiro atoms. The molecule has 0 amide bonds. The Morgan fingerprint density at radius 2 is 1.94 bits per heavy atom. The Kier molecular flexibility index (Phi) is 8.49. The number of allylic oxidation sites excluding steroid dienone is 4. The summed E-state index contributed by atoms with van der Waals surface area (Å²) >= 11 is 0. The summed E-state index contributed by atoms with van der Waals surface area (Å²) in [5.41, 5.74) is 3.54. The van der Waals surface area contributed by atoms with Gasteiger partial charge in [-0.2, -0.15) is 0 Å². The summed E-state index contributed by atoms with van der Waals surface area (Å²) in [6, 6.07) is 0. The van der Waals surface area contributed by atoms with E-state index in [0.717, 1.165) is 43.3 Å². The van der Waals surface area contributed by atoms with E-state index in [-0.39, 0.29) is 11.5 Å². The third-order valence-electron chi connectivity index (χ3n) is 10.4. The summed E-state index contributed by atoms with van der Waals surface area (Å²) in [5.74, 6) is 2.07. The van der Waals surface area contributed by atoms with Crippen molar-refractivity contribution in [2.75, 3.05) is 7.11 Å². The summed E-state index contributed by atoms with van der Waals surface area (Å²) in [6.45, 7) is 10.7. The summed E-state index contributed by atoms with van der Waals surface area (Å²) in [6.07, 6.45) is 19.0. The minimum absolute atomic E-state index is 0.0529. The Morgan fingerprint density at radius 1 is 1.19 bits per heavy atom. The van der Waals surface area contributed by atoms with Crippen LogP contribution in [0.2, 0.25) is 0 Å². The molecule has 0 radical (unpaired) electrons. The lowest BCUT2D eigenvalue weighted by Crippen LogP contribution is -2.35. The molecule has 36 heavy (non-hydrogen) atoms. The number of methoxy groups -OCH3 is 1. The average Bonchev–Trinajstić information content (AvgIpc) is 3.55. The monoisotopic (exact) mass is 496 g/mol. The highest BCUT2D eigenvalue weighted by molar-refractivity contribution is 5.84. The lowest BCUT2D eigenvalue weighted by Gasteiger charge is -2.44. The number of ketones is 1. The van der Waals surface area contributed by atoms with Crippen LogP contribution >= 0.6 is 0 Å². The summed E-state index contributed by atoms with van der Waals surface area (Å²) in [5, 5.41) is 20.3. The molecule has 0 saturated heterocycles. The largest absolute Gasteiger partial charge is 0.393 e. The van der Waals surface area contributed by atoms with Gasteiger partial charge in [-0.3, -0.25) is 4.79 Å². The van der Waals surface area contributed by atoms with E-state index in [2.05, 4.69) is 44.7 Å². The first-order valence-electron chi connectivity index (χ1n) is 14.3.